The van der Waals surface area contributed by atoms with Gasteiger partial charge in [0.05, 0.1) is 11.1 Å². The molecule has 0 unspecified atom stereocenters. The first-order valence-electron chi connectivity index (χ1n) is 18.6. The van der Waals surface area contributed by atoms with Gasteiger partial charge in [-0.25, -0.2) is 9.59 Å². The van der Waals surface area contributed by atoms with Gasteiger partial charge in [0.15, 0.2) is 0 Å². The lowest BCUT2D eigenvalue weighted by molar-refractivity contribution is 0.563. The Bertz CT molecular complexity index is 2890. The maximum atomic E-state index is 13.4. The molecule has 0 saturated carbocycles. The molecule has 5 heteroatoms. The predicted molar refractivity (Wildman–Crippen MR) is 221 cm³/mol. The van der Waals surface area contributed by atoms with Gasteiger partial charge in [0.25, 0.3) is 0 Å². The highest BCUT2D eigenvalue weighted by molar-refractivity contribution is 5.90. The monoisotopic (exact) mass is 705 g/mol. The summed E-state index contributed by atoms with van der Waals surface area (Å²) >= 11 is 0. The summed E-state index contributed by atoms with van der Waals surface area (Å²) in [7, 11) is 0. The molecule has 0 spiro atoms. The highest BCUT2D eigenvalue weighted by Crippen LogP contribution is 2.50. The van der Waals surface area contributed by atoms with Gasteiger partial charge < -0.3 is 13.7 Å². The van der Waals surface area contributed by atoms with Crippen molar-refractivity contribution in [1.29, 1.82) is 0 Å². The van der Waals surface area contributed by atoms with E-state index < -0.39 is 0 Å². The lowest BCUT2D eigenvalue weighted by atomic mass is 9.82. The molecule has 0 atom stereocenters. The molecule has 5 nitrogen and oxygen atoms in total. The van der Waals surface area contributed by atoms with Crippen LogP contribution in [-0.2, 0) is 5.41 Å². The number of anilines is 1. The Morgan fingerprint density at radius 1 is 0.463 bits per heavy atom. The fraction of sp³-hybridized carbons (Fsp3) is 0.143. The van der Waals surface area contributed by atoms with Crippen LogP contribution in [0.5, 0.6) is 0 Å². The van der Waals surface area contributed by atoms with Crippen LogP contribution in [0.2, 0.25) is 0 Å². The molecule has 0 radical (unpaired) electrons. The highest BCUT2D eigenvalue weighted by Gasteiger charge is 2.35. The van der Waals surface area contributed by atoms with Crippen LogP contribution in [-0.4, -0.2) is 13.1 Å². The lowest BCUT2D eigenvalue weighted by Crippen LogP contribution is -2.21. The second-order valence-electron chi connectivity index (χ2n) is 14.6. The van der Waals surface area contributed by atoms with E-state index in [2.05, 4.69) is 99.3 Å². The lowest BCUT2D eigenvalue weighted by Gasteiger charge is -2.21. The zero-order chi connectivity index (χ0) is 37.1. The molecular formula is C49H39NO4. The Hall–Kier alpha value is -6.46. The fourth-order valence-corrected chi connectivity index (χ4v) is 8.21. The minimum absolute atomic E-state index is 0.176. The van der Waals surface area contributed by atoms with Crippen LogP contribution in [0.4, 0.5) is 5.69 Å². The number of fused-ring (bicyclic) bond motifs is 5. The zero-order valence-corrected chi connectivity index (χ0v) is 30.8. The van der Waals surface area contributed by atoms with Crippen molar-refractivity contribution in [3.63, 3.8) is 0 Å². The van der Waals surface area contributed by atoms with E-state index in [1.807, 2.05) is 72.8 Å². The summed E-state index contributed by atoms with van der Waals surface area (Å²) in [6, 6.07) is 47.2. The van der Waals surface area contributed by atoms with Gasteiger partial charge in [-0.3, -0.25) is 0 Å². The zero-order valence-electron chi connectivity index (χ0n) is 30.8. The van der Waals surface area contributed by atoms with E-state index in [0.717, 1.165) is 62.9 Å². The van der Waals surface area contributed by atoms with Gasteiger partial charge in [0.1, 0.15) is 11.2 Å². The summed E-state index contributed by atoms with van der Waals surface area (Å²) in [5.74, 6) is 0. The molecule has 6 aromatic carbocycles. The molecule has 264 valence electrons. The minimum Gasteiger partial charge on any atom is -0.422 e. The number of hydrogen-bond acceptors (Lipinski definition) is 5. The summed E-state index contributed by atoms with van der Waals surface area (Å²) < 4.78 is 11.6. The molecule has 0 bridgehead atoms. The summed E-state index contributed by atoms with van der Waals surface area (Å²) in [4.78, 5) is 28.6. The van der Waals surface area contributed by atoms with Gasteiger partial charge in [-0.2, -0.15) is 0 Å². The molecule has 1 aliphatic carbocycles. The maximum Gasteiger partial charge on any atom is 0.344 e. The third-order valence-electron chi connectivity index (χ3n) is 11.2. The molecule has 0 aliphatic heterocycles. The van der Waals surface area contributed by atoms with E-state index >= 15 is 0 Å². The van der Waals surface area contributed by atoms with Crippen molar-refractivity contribution < 1.29 is 8.83 Å². The Balaban J connectivity index is 1.08. The van der Waals surface area contributed by atoms with E-state index in [-0.39, 0.29) is 16.7 Å². The van der Waals surface area contributed by atoms with Crippen LogP contribution in [0.15, 0.2) is 158 Å². The molecule has 9 rings (SSSR count). The molecule has 0 amide bonds. The highest BCUT2D eigenvalue weighted by atomic mass is 16.4. The third kappa shape index (κ3) is 5.55. The summed E-state index contributed by atoms with van der Waals surface area (Å²) in [5.41, 5.74) is 13.2. The molecule has 0 fully saturated rings. The van der Waals surface area contributed by atoms with Gasteiger partial charge in [-0.15, -0.1) is 0 Å². The van der Waals surface area contributed by atoms with E-state index in [1.165, 1.54) is 22.3 Å². The third-order valence-corrected chi connectivity index (χ3v) is 11.2. The van der Waals surface area contributed by atoms with Gasteiger partial charge >= 0.3 is 11.3 Å². The van der Waals surface area contributed by atoms with E-state index in [1.54, 1.807) is 0 Å². The van der Waals surface area contributed by atoms with Crippen molar-refractivity contribution in [3.05, 3.63) is 171 Å². The van der Waals surface area contributed by atoms with Crippen molar-refractivity contribution in [3.8, 4) is 55.6 Å². The van der Waals surface area contributed by atoms with Gasteiger partial charge in [-0.1, -0.05) is 92.7 Å². The average molecular weight is 706 g/mol. The quantitative estimate of drug-likeness (QED) is 0.154. The predicted octanol–water partition coefficient (Wildman–Crippen LogP) is 11.7. The normalized spacial score (nSPS) is 12.9. The second-order valence-corrected chi connectivity index (χ2v) is 14.6. The van der Waals surface area contributed by atoms with Crippen molar-refractivity contribution in [2.75, 3.05) is 18.0 Å². The second kappa shape index (κ2) is 12.9. The Morgan fingerprint density at radius 2 is 0.963 bits per heavy atom. The number of nitrogens with zero attached hydrogens (tertiary/aromatic N) is 1. The van der Waals surface area contributed by atoms with E-state index in [9.17, 15) is 9.59 Å². The van der Waals surface area contributed by atoms with Crippen molar-refractivity contribution >= 4 is 27.6 Å². The minimum atomic E-state index is -0.349. The van der Waals surface area contributed by atoms with Crippen molar-refractivity contribution in [2.24, 2.45) is 0 Å². The van der Waals surface area contributed by atoms with Crippen molar-refractivity contribution in [2.45, 2.75) is 33.1 Å². The largest absolute Gasteiger partial charge is 0.422 e. The first kappa shape index (κ1) is 33.4. The van der Waals surface area contributed by atoms with Crippen LogP contribution in [0.1, 0.15) is 38.8 Å². The van der Waals surface area contributed by atoms with Gasteiger partial charge in [0, 0.05) is 41.0 Å². The first-order valence-corrected chi connectivity index (χ1v) is 18.6. The topological polar surface area (TPSA) is 63.7 Å². The molecule has 2 heterocycles. The van der Waals surface area contributed by atoms with Crippen LogP contribution in [0, 0.1) is 0 Å². The molecule has 2 aromatic heterocycles. The number of benzene rings is 6. The SMILES string of the molecule is CCN(CC)c1ccc2cc(-c3cccc(-c4ccc5c(c4)-c4cc(-c6cccc(-c7cc8ccccc8oc7=O)c6)ccc4C5(C)C)c3)c(=O)oc2c1. The summed E-state index contributed by atoms with van der Waals surface area (Å²) in [5, 5.41) is 1.78. The van der Waals surface area contributed by atoms with E-state index in [4.69, 9.17) is 8.83 Å². The van der Waals surface area contributed by atoms with Crippen LogP contribution < -0.4 is 16.2 Å². The number of para-hydroxylation sites is 1. The van der Waals surface area contributed by atoms with Crippen LogP contribution in [0.3, 0.4) is 0 Å². The molecule has 8 aromatic rings. The standard InChI is InChI=1S/C49H39NO4/c1-5-50(6-2)38-20-17-37-28-40(48(52)54-46(37)29-38)35-15-10-13-31(24-35)33-19-22-44-42(26-33)41-25-32(18-21-43(41)49(44,3)4)30-12-9-14-34(23-30)39-27-36-11-7-8-16-45(36)53-47(39)51/h7-29H,5-6H2,1-4H3. The molecule has 0 saturated heterocycles. The number of hydrogen-bond donors (Lipinski definition) is 0. The molecule has 54 heavy (non-hydrogen) atoms. The van der Waals surface area contributed by atoms with Crippen LogP contribution in [0.25, 0.3) is 77.6 Å². The maximum absolute atomic E-state index is 13.4. The van der Waals surface area contributed by atoms with Crippen molar-refractivity contribution in [1.82, 2.24) is 0 Å². The Labute approximate surface area is 313 Å². The van der Waals surface area contributed by atoms with Crippen LogP contribution >= 0.6 is 0 Å². The summed E-state index contributed by atoms with van der Waals surface area (Å²) in [6.45, 7) is 10.6. The Morgan fingerprint density at radius 3 is 1.54 bits per heavy atom. The Kier molecular flexibility index (Phi) is 7.97. The fourth-order valence-electron chi connectivity index (χ4n) is 8.21. The first-order chi connectivity index (χ1) is 26.2. The van der Waals surface area contributed by atoms with Gasteiger partial charge in [0.2, 0.25) is 0 Å². The smallest absolute Gasteiger partial charge is 0.344 e. The molecule has 1 aliphatic rings. The average Bonchev–Trinajstić information content (AvgIpc) is 3.42. The molecule has 0 N–H and O–H groups in total. The number of rotatable bonds is 7. The summed E-state index contributed by atoms with van der Waals surface area (Å²) in [6.07, 6.45) is 0. The van der Waals surface area contributed by atoms with Gasteiger partial charge in [-0.05, 0) is 124 Å². The molecular weight excluding hydrogens is 667 g/mol. The van der Waals surface area contributed by atoms with E-state index in [0.29, 0.717) is 22.3 Å².